The number of thiazole rings is 1. The highest BCUT2D eigenvalue weighted by Crippen LogP contribution is 2.25. The van der Waals surface area contributed by atoms with Crippen LogP contribution in [0.5, 0.6) is 0 Å². The lowest BCUT2D eigenvalue weighted by Gasteiger charge is -2.06. The first-order valence-electron chi connectivity index (χ1n) is 7.39. The van der Waals surface area contributed by atoms with Gasteiger partial charge in [-0.2, -0.15) is 0 Å². The summed E-state index contributed by atoms with van der Waals surface area (Å²) in [4.78, 5) is 28.0. The molecule has 5 nitrogen and oxygen atoms in total. The third-order valence-electron chi connectivity index (χ3n) is 3.15. The highest BCUT2D eigenvalue weighted by molar-refractivity contribution is 8.00. The van der Waals surface area contributed by atoms with Crippen LogP contribution in [0.1, 0.15) is 0 Å². The van der Waals surface area contributed by atoms with E-state index < -0.39 is 5.82 Å². The molecule has 0 atom stereocenters. The number of para-hydroxylation sites is 2. The maximum absolute atomic E-state index is 13.4. The minimum atomic E-state index is -0.491. The quantitative estimate of drug-likeness (QED) is 0.688. The van der Waals surface area contributed by atoms with Gasteiger partial charge in [0.15, 0.2) is 5.13 Å². The number of nitrogens with one attached hydrogen (secondary N) is 2. The van der Waals surface area contributed by atoms with Gasteiger partial charge in [-0.15, -0.1) is 11.8 Å². The standard InChI is InChI=1S/C17H14FN3O2S2/c18-11-5-1-2-6-12(11)19-15(22)9-24-10-16(23)21-17-20-13-7-3-4-8-14(13)25-17/h1-8H,9-10H2,(H,19,22)(H,20,21,23). The number of nitrogens with zero attached hydrogens (tertiary/aromatic N) is 1. The number of carbonyl (C=O) groups is 2. The smallest absolute Gasteiger partial charge is 0.236 e. The molecule has 0 bridgehead atoms. The van der Waals surface area contributed by atoms with Crippen molar-refractivity contribution in [1.82, 2.24) is 4.98 Å². The second kappa shape index (κ2) is 8.09. The van der Waals surface area contributed by atoms with Crippen LogP contribution in [0, 0.1) is 5.82 Å². The van der Waals surface area contributed by atoms with Crippen LogP contribution in [0.25, 0.3) is 10.2 Å². The van der Waals surface area contributed by atoms with Crippen molar-refractivity contribution in [2.75, 3.05) is 22.1 Å². The Morgan fingerprint density at radius 1 is 1.00 bits per heavy atom. The Bertz CT molecular complexity index is 881. The Balaban J connectivity index is 1.44. The molecular weight excluding hydrogens is 361 g/mol. The summed E-state index contributed by atoms with van der Waals surface area (Å²) >= 11 is 2.55. The van der Waals surface area contributed by atoms with Crippen molar-refractivity contribution >= 4 is 55.9 Å². The summed E-state index contributed by atoms with van der Waals surface area (Å²) in [6.45, 7) is 0. The molecule has 0 aliphatic heterocycles. The fourth-order valence-electron chi connectivity index (χ4n) is 2.07. The van der Waals surface area contributed by atoms with E-state index in [1.165, 1.54) is 23.5 Å². The van der Waals surface area contributed by atoms with Crippen molar-refractivity contribution in [2.24, 2.45) is 0 Å². The maximum Gasteiger partial charge on any atom is 0.236 e. The van der Waals surface area contributed by atoms with E-state index in [0.29, 0.717) is 5.13 Å². The zero-order chi connectivity index (χ0) is 17.6. The number of thioether (sulfide) groups is 1. The van der Waals surface area contributed by atoms with Gasteiger partial charge in [0.1, 0.15) is 5.82 Å². The molecule has 3 rings (SSSR count). The average molecular weight is 375 g/mol. The third kappa shape index (κ3) is 4.77. The molecule has 0 saturated heterocycles. The van der Waals surface area contributed by atoms with E-state index in [-0.39, 0.29) is 29.0 Å². The highest BCUT2D eigenvalue weighted by Gasteiger charge is 2.10. The number of anilines is 2. The van der Waals surface area contributed by atoms with E-state index in [4.69, 9.17) is 0 Å². The highest BCUT2D eigenvalue weighted by atomic mass is 32.2. The monoisotopic (exact) mass is 375 g/mol. The average Bonchev–Trinajstić information content (AvgIpc) is 2.99. The fourth-order valence-corrected chi connectivity index (χ4v) is 3.57. The Morgan fingerprint density at radius 3 is 2.44 bits per heavy atom. The number of hydrogen-bond acceptors (Lipinski definition) is 5. The summed E-state index contributed by atoms with van der Waals surface area (Å²) < 4.78 is 14.4. The Kier molecular flexibility index (Phi) is 5.62. The molecule has 0 radical (unpaired) electrons. The second-order valence-corrected chi connectivity index (χ2v) is 7.07. The lowest BCUT2D eigenvalue weighted by Crippen LogP contribution is -2.18. The molecule has 0 unspecified atom stereocenters. The maximum atomic E-state index is 13.4. The minimum Gasteiger partial charge on any atom is -0.323 e. The van der Waals surface area contributed by atoms with Crippen molar-refractivity contribution < 1.29 is 14.0 Å². The lowest BCUT2D eigenvalue weighted by molar-refractivity contribution is -0.114. The Labute approximate surface area is 151 Å². The van der Waals surface area contributed by atoms with Crippen molar-refractivity contribution in [2.45, 2.75) is 0 Å². The number of halogens is 1. The minimum absolute atomic E-state index is 0.0571. The van der Waals surface area contributed by atoms with Gasteiger partial charge in [0.05, 0.1) is 27.4 Å². The predicted octanol–water partition coefficient (Wildman–Crippen LogP) is 3.75. The van der Waals surface area contributed by atoms with Gasteiger partial charge in [0.25, 0.3) is 0 Å². The first-order chi connectivity index (χ1) is 12.1. The van der Waals surface area contributed by atoms with Gasteiger partial charge in [-0.05, 0) is 24.3 Å². The largest absolute Gasteiger partial charge is 0.323 e. The van der Waals surface area contributed by atoms with E-state index in [0.717, 1.165) is 22.0 Å². The molecule has 25 heavy (non-hydrogen) atoms. The van der Waals surface area contributed by atoms with Crippen LogP contribution >= 0.6 is 23.1 Å². The molecule has 1 heterocycles. The van der Waals surface area contributed by atoms with Gasteiger partial charge in [0, 0.05) is 0 Å². The van der Waals surface area contributed by atoms with E-state index in [1.807, 2.05) is 24.3 Å². The van der Waals surface area contributed by atoms with Gasteiger partial charge in [-0.25, -0.2) is 9.37 Å². The van der Waals surface area contributed by atoms with E-state index >= 15 is 0 Å². The zero-order valence-electron chi connectivity index (χ0n) is 13.0. The van der Waals surface area contributed by atoms with Crippen LogP contribution < -0.4 is 10.6 Å². The molecule has 3 aromatic rings. The number of carbonyl (C=O) groups excluding carboxylic acids is 2. The number of amides is 2. The SMILES string of the molecule is O=C(CSCC(=O)Nc1ccccc1F)Nc1nc2ccccc2s1. The molecule has 128 valence electrons. The van der Waals surface area contributed by atoms with Gasteiger partial charge >= 0.3 is 0 Å². The molecule has 1 aromatic heterocycles. The van der Waals surface area contributed by atoms with Crippen molar-refractivity contribution in [3.05, 3.63) is 54.3 Å². The molecular formula is C17H14FN3O2S2. The zero-order valence-corrected chi connectivity index (χ0v) is 14.6. The molecule has 2 aromatic carbocycles. The van der Waals surface area contributed by atoms with Gasteiger partial charge < -0.3 is 10.6 Å². The topological polar surface area (TPSA) is 71.1 Å². The Morgan fingerprint density at radius 2 is 1.68 bits per heavy atom. The number of hydrogen-bond donors (Lipinski definition) is 2. The number of fused-ring (bicyclic) bond motifs is 1. The molecule has 0 saturated carbocycles. The second-order valence-electron chi connectivity index (χ2n) is 5.06. The lowest BCUT2D eigenvalue weighted by atomic mass is 10.3. The van der Waals surface area contributed by atoms with Crippen molar-refractivity contribution in [3.8, 4) is 0 Å². The van der Waals surface area contributed by atoms with Crippen molar-refractivity contribution in [1.29, 1.82) is 0 Å². The molecule has 0 fully saturated rings. The first kappa shape index (κ1) is 17.4. The predicted molar refractivity (Wildman–Crippen MR) is 101 cm³/mol. The molecule has 2 N–H and O–H groups in total. The molecule has 0 spiro atoms. The van der Waals surface area contributed by atoms with Crippen LogP contribution in [0.15, 0.2) is 48.5 Å². The first-order valence-corrected chi connectivity index (χ1v) is 9.36. The normalized spacial score (nSPS) is 10.6. The van der Waals surface area contributed by atoms with Crippen LogP contribution in [-0.2, 0) is 9.59 Å². The van der Waals surface area contributed by atoms with Gasteiger partial charge in [-0.3, -0.25) is 9.59 Å². The fraction of sp³-hybridized carbons (Fsp3) is 0.118. The van der Waals surface area contributed by atoms with E-state index in [1.54, 1.807) is 12.1 Å². The third-order valence-corrected chi connectivity index (χ3v) is 5.04. The molecule has 0 aliphatic rings. The van der Waals surface area contributed by atoms with Crippen LogP contribution in [-0.4, -0.2) is 28.3 Å². The summed E-state index contributed by atoms with van der Waals surface area (Å²) in [5, 5.41) is 5.72. The van der Waals surface area contributed by atoms with Crippen LogP contribution in [0.4, 0.5) is 15.2 Å². The van der Waals surface area contributed by atoms with Crippen LogP contribution in [0.2, 0.25) is 0 Å². The van der Waals surface area contributed by atoms with E-state index in [2.05, 4.69) is 15.6 Å². The number of aromatic nitrogens is 1. The summed E-state index contributed by atoms with van der Waals surface area (Å²) in [6.07, 6.45) is 0. The Hall–Kier alpha value is -2.45. The molecule has 0 aliphatic carbocycles. The summed E-state index contributed by atoms with van der Waals surface area (Å²) in [6, 6.07) is 13.6. The number of rotatable bonds is 6. The summed E-state index contributed by atoms with van der Waals surface area (Å²) in [5.74, 6) is -0.914. The molecule has 8 heteroatoms. The van der Waals surface area contributed by atoms with Crippen LogP contribution in [0.3, 0.4) is 0 Å². The number of benzene rings is 2. The van der Waals surface area contributed by atoms with Gasteiger partial charge in [-0.1, -0.05) is 35.6 Å². The molecule has 2 amide bonds. The summed E-state index contributed by atoms with van der Waals surface area (Å²) in [5.41, 5.74) is 0.965. The van der Waals surface area contributed by atoms with Gasteiger partial charge in [0.2, 0.25) is 11.8 Å². The summed E-state index contributed by atoms with van der Waals surface area (Å²) in [7, 11) is 0. The van der Waals surface area contributed by atoms with E-state index in [9.17, 15) is 14.0 Å². The van der Waals surface area contributed by atoms with Crippen molar-refractivity contribution in [3.63, 3.8) is 0 Å².